The molecule has 1 heterocycles. The van der Waals surface area contributed by atoms with Crippen LogP contribution < -0.4 is 10.1 Å². The van der Waals surface area contributed by atoms with Gasteiger partial charge in [0.25, 0.3) is 0 Å². The Labute approximate surface area is 128 Å². The van der Waals surface area contributed by atoms with Crippen LogP contribution in [0.15, 0.2) is 35.2 Å². The molecule has 2 rings (SSSR count). The lowest BCUT2D eigenvalue weighted by Crippen LogP contribution is -2.20. The van der Waals surface area contributed by atoms with Gasteiger partial charge in [0.05, 0.1) is 24.8 Å². The molecule has 1 aromatic carbocycles. The number of halogens is 1. The Balaban J connectivity index is 2.20. The van der Waals surface area contributed by atoms with Crippen LogP contribution in [0.4, 0.5) is 0 Å². The summed E-state index contributed by atoms with van der Waals surface area (Å²) in [4.78, 5) is 4.25. The van der Waals surface area contributed by atoms with Crippen LogP contribution in [0.5, 0.6) is 5.75 Å². The lowest BCUT2D eigenvalue weighted by atomic mass is 10.2. The summed E-state index contributed by atoms with van der Waals surface area (Å²) in [6.45, 7) is 6.19. The molecular formula is C15H20BrN3O. The van der Waals surface area contributed by atoms with Crippen molar-refractivity contribution in [3.63, 3.8) is 0 Å². The standard InChI is InChI=1S/C15H20BrN3O/c1-11(2)7-17-8-14-9-18-10-19(14)13-4-12(16)5-15(6-13)20-3/h4-6,9-11,17H,7-8H2,1-3H3. The van der Waals surface area contributed by atoms with E-state index in [-0.39, 0.29) is 0 Å². The fourth-order valence-corrected chi connectivity index (χ4v) is 2.44. The Morgan fingerprint density at radius 2 is 2.15 bits per heavy atom. The third-order valence-electron chi connectivity index (χ3n) is 2.94. The average Bonchev–Trinajstić information content (AvgIpc) is 2.86. The van der Waals surface area contributed by atoms with Crippen LogP contribution in [0.3, 0.4) is 0 Å². The first-order valence-electron chi connectivity index (χ1n) is 6.67. The van der Waals surface area contributed by atoms with Crippen molar-refractivity contribution >= 4 is 15.9 Å². The fourth-order valence-electron chi connectivity index (χ4n) is 1.98. The zero-order valence-electron chi connectivity index (χ0n) is 12.1. The highest BCUT2D eigenvalue weighted by atomic mass is 79.9. The van der Waals surface area contributed by atoms with Crippen molar-refractivity contribution in [2.75, 3.05) is 13.7 Å². The quantitative estimate of drug-likeness (QED) is 0.878. The minimum Gasteiger partial charge on any atom is -0.497 e. The highest BCUT2D eigenvalue weighted by Gasteiger charge is 2.07. The van der Waals surface area contributed by atoms with Gasteiger partial charge in [-0.05, 0) is 24.6 Å². The summed E-state index contributed by atoms with van der Waals surface area (Å²) in [5.74, 6) is 1.46. The Morgan fingerprint density at radius 3 is 2.85 bits per heavy atom. The van der Waals surface area contributed by atoms with Crippen molar-refractivity contribution in [3.05, 3.63) is 40.9 Å². The Kier molecular flexibility index (Phi) is 5.20. The molecule has 1 aromatic heterocycles. The Bertz CT molecular complexity index is 566. The number of nitrogens with zero attached hydrogens (tertiary/aromatic N) is 2. The molecule has 0 amide bonds. The van der Waals surface area contributed by atoms with E-state index in [2.05, 4.69) is 50.7 Å². The van der Waals surface area contributed by atoms with Crippen molar-refractivity contribution in [1.82, 2.24) is 14.9 Å². The maximum atomic E-state index is 5.31. The molecule has 2 aromatic rings. The molecule has 0 aliphatic rings. The summed E-state index contributed by atoms with van der Waals surface area (Å²) in [5.41, 5.74) is 2.17. The average molecular weight is 338 g/mol. The summed E-state index contributed by atoms with van der Waals surface area (Å²) in [7, 11) is 1.67. The van der Waals surface area contributed by atoms with Crippen molar-refractivity contribution in [2.24, 2.45) is 5.92 Å². The van der Waals surface area contributed by atoms with Gasteiger partial charge in [0.15, 0.2) is 0 Å². The van der Waals surface area contributed by atoms with E-state index in [4.69, 9.17) is 4.74 Å². The Hall–Kier alpha value is -1.33. The molecule has 0 aliphatic heterocycles. The van der Waals surface area contributed by atoms with Gasteiger partial charge in [0, 0.05) is 23.3 Å². The second kappa shape index (κ2) is 6.90. The van der Waals surface area contributed by atoms with Crippen LogP contribution in [0, 0.1) is 5.92 Å². The van der Waals surface area contributed by atoms with Gasteiger partial charge in [0.2, 0.25) is 0 Å². The van der Waals surface area contributed by atoms with Gasteiger partial charge in [-0.2, -0.15) is 0 Å². The molecule has 0 fully saturated rings. The van der Waals surface area contributed by atoms with E-state index in [1.807, 2.05) is 24.7 Å². The number of aromatic nitrogens is 2. The van der Waals surface area contributed by atoms with E-state index in [1.165, 1.54) is 0 Å². The molecule has 0 atom stereocenters. The zero-order valence-corrected chi connectivity index (χ0v) is 13.6. The maximum Gasteiger partial charge on any atom is 0.122 e. The SMILES string of the molecule is COc1cc(Br)cc(-n2cncc2CNCC(C)C)c1. The lowest BCUT2D eigenvalue weighted by molar-refractivity contribution is 0.414. The minimum absolute atomic E-state index is 0.636. The smallest absolute Gasteiger partial charge is 0.122 e. The highest BCUT2D eigenvalue weighted by molar-refractivity contribution is 9.10. The second-order valence-corrected chi connectivity index (χ2v) is 6.04. The van der Waals surface area contributed by atoms with E-state index in [0.29, 0.717) is 5.92 Å². The number of hydrogen-bond acceptors (Lipinski definition) is 3. The minimum atomic E-state index is 0.636. The van der Waals surface area contributed by atoms with Crippen molar-refractivity contribution in [1.29, 1.82) is 0 Å². The van der Waals surface area contributed by atoms with E-state index in [9.17, 15) is 0 Å². The topological polar surface area (TPSA) is 39.1 Å². The van der Waals surface area contributed by atoms with Gasteiger partial charge in [-0.25, -0.2) is 4.98 Å². The number of benzene rings is 1. The van der Waals surface area contributed by atoms with Crippen LogP contribution in [-0.4, -0.2) is 23.2 Å². The molecule has 0 saturated heterocycles. The van der Waals surface area contributed by atoms with Gasteiger partial charge >= 0.3 is 0 Å². The second-order valence-electron chi connectivity index (χ2n) is 5.13. The van der Waals surface area contributed by atoms with Gasteiger partial charge in [0.1, 0.15) is 5.75 Å². The molecule has 0 radical (unpaired) electrons. The van der Waals surface area contributed by atoms with E-state index in [0.717, 1.165) is 34.7 Å². The normalized spacial score (nSPS) is 11.1. The fraction of sp³-hybridized carbons (Fsp3) is 0.400. The van der Waals surface area contributed by atoms with Crippen molar-refractivity contribution < 1.29 is 4.74 Å². The van der Waals surface area contributed by atoms with Crippen molar-refractivity contribution in [2.45, 2.75) is 20.4 Å². The van der Waals surface area contributed by atoms with Crippen LogP contribution in [0.2, 0.25) is 0 Å². The lowest BCUT2D eigenvalue weighted by Gasteiger charge is -2.12. The summed E-state index contributed by atoms with van der Waals surface area (Å²) < 4.78 is 8.36. The van der Waals surface area contributed by atoms with Gasteiger partial charge in [-0.3, -0.25) is 0 Å². The van der Waals surface area contributed by atoms with Crippen LogP contribution in [0.1, 0.15) is 19.5 Å². The van der Waals surface area contributed by atoms with Crippen LogP contribution >= 0.6 is 15.9 Å². The molecule has 4 nitrogen and oxygen atoms in total. The Morgan fingerprint density at radius 1 is 1.35 bits per heavy atom. The molecule has 0 unspecified atom stereocenters. The molecule has 1 N–H and O–H groups in total. The molecule has 0 saturated carbocycles. The first-order chi connectivity index (χ1) is 9.60. The van der Waals surface area contributed by atoms with Gasteiger partial charge in [-0.1, -0.05) is 29.8 Å². The molecule has 108 valence electrons. The maximum absolute atomic E-state index is 5.31. The molecule has 20 heavy (non-hydrogen) atoms. The monoisotopic (exact) mass is 337 g/mol. The number of ether oxygens (including phenoxy) is 1. The molecular weight excluding hydrogens is 318 g/mol. The molecule has 0 aliphatic carbocycles. The van der Waals surface area contributed by atoms with Crippen LogP contribution in [0.25, 0.3) is 5.69 Å². The largest absolute Gasteiger partial charge is 0.497 e. The van der Waals surface area contributed by atoms with E-state index >= 15 is 0 Å². The predicted octanol–water partition coefficient (Wildman–Crippen LogP) is 3.39. The summed E-state index contributed by atoms with van der Waals surface area (Å²) in [6.07, 6.45) is 3.72. The highest BCUT2D eigenvalue weighted by Crippen LogP contribution is 2.24. The number of nitrogens with one attached hydrogen (secondary N) is 1. The summed E-state index contributed by atoms with van der Waals surface area (Å²) >= 11 is 3.51. The van der Waals surface area contributed by atoms with Crippen LogP contribution in [-0.2, 0) is 6.54 Å². The van der Waals surface area contributed by atoms with Gasteiger partial charge in [-0.15, -0.1) is 0 Å². The summed E-state index contributed by atoms with van der Waals surface area (Å²) in [5, 5.41) is 3.44. The van der Waals surface area contributed by atoms with Gasteiger partial charge < -0.3 is 14.6 Å². The third-order valence-corrected chi connectivity index (χ3v) is 3.40. The predicted molar refractivity (Wildman–Crippen MR) is 84.4 cm³/mol. The van der Waals surface area contributed by atoms with Crippen molar-refractivity contribution in [3.8, 4) is 11.4 Å². The summed E-state index contributed by atoms with van der Waals surface area (Å²) in [6, 6.07) is 5.99. The third kappa shape index (κ3) is 3.84. The number of imidazole rings is 1. The number of rotatable bonds is 6. The number of hydrogen-bond donors (Lipinski definition) is 1. The zero-order chi connectivity index (χ0) is 14.5. The molecule has 0 spiro atoms. The first kappa shape index (κ1) is 15.1. The first-order valence-corrected chi connectivity index (χ1v) is 7.46. The molecule has 0 bridgehead atoms. The van der Waals surface area contributed by atoms with E-state index < -0.39 is 0 Å². The van der Waals surface area contributed by atoms with E-state index in [1.54, 1.807) is 7.11 Å². The molecule has 5 heteroatoms. The number of methoxy groups -OCH3 is 1.